The topological polar surface area (TPSA) is 52.7 Å². The van der Waals surface area contributed by atoms with Gasteiger partial charge in [-0.05, 0) is 38.0 Å². The Labute approximate surface area is 141 Å². The van der Waals surface area contributed by atoms with E-state index in [0.29, 0.717) is 30.1 Å². The van der Waals surface area contributed by atoms with Crippen molar-refractivity contribution in [1.29, 1.82) is 0 Å². The predicted octanol–water partition coefficient (Wildman–Crippen LogP) is 2.29. The Bertz CT molecular complexity index is 614. The zero-order valence-electron chi connectivity index (χ0n) is 13.3. The van der Waals surface area contributed by atoms with Gasteiger partial charge in [0.05, 0.1) is 16.8 Å². The number of carbonyl (C=O) groups excluding carboxylic acids is 2. The number of nitrogens with one attached hydrogen (secondary N) is 1. The number of benzene rings is 1. The maximum atomic E-state index is 12.4. The van der Waals surface area contributed by atoms with Gasteiger partial charge in [-0.25, -0.2) is 0 Å². The van der Waals surface area contributed by atoms with Gasteiger partial charge in [-0.3, -0.25) is 9.59 Å². The minimum atomic E-state index is -0.171. The second-order valence-electron chi connectivity index (χ2n) is 6.17. The number of hydrogen-bond acceptors (Lipinski definition) is 3. The van der Waals surface area contributed by atoms with E-state index in [1.807, 2.05) is 19.1 Å². The second kappa shape index (κ2) is 6.79. The molecule has 0 aromatic heterocycles. The highest BCUT2D eigenvalue weighted by atomic mass is 35.5. The van der Waals surface area contributed by atoms with Crippen LogP contribution in [0.3, 0.4) is 0 Å². The van der Waals surface area contributed by atoms with Crippen molar-refractivity contribution in [2.45, 2.75) is 32.2 Å². The van der Waals surface area contributed by atoms with Crippen molar-refractivity contribution in [3.8, 4) is 0 Å². The Morgan fingerprint density at radius 3 is 2.70 bits per heavy atom. The van der Waals surface area contributed by atoms with E-state index in [0.717, 1.165) is 18.8 Å². The lowest BCUT2D eigenvalue weighted by molar-refractivity contribution is -0.127. The molecule has 1 atom stereocenters. The highest BCUT2D eigenvalue weighted by molar-refractivity contribution is 6.33. The van der Waals surface area contributed by atoms with E-state index in [1.165, 1.54) is 12.8 Å². The van der Waals surface area contributed by atoms with E-state index in [2.05, 4.69) is 10.2 Å². The standard InChI is InChI=1S/C17H22ClN3O2/c1-2-20-11-13(10-16(20)22)19-17(23)12-5-6-15(14(18)9-12)21-7-3-4-8-21/h5-6,9,13H,2-4,7-8,10-11H2,1H3,(H,19,23)/t13-/m1/s1. The molecular weight excluding hydrogens is 314 g/mol. The number of amides is 2. The molecule has 2 amide bonds. The lowest BCUT2D eigenvalue weighted by Crippen LogP contribution is -2.37. The van der Waals surface area contributed by atoms with Crippen LogP contribution in [0.15, 0.2) is 18.2 Å². The summed E-state index contributed by atoms with van der Waals surface area (Å²) in [6.45, 7) is 5.24. The summed E-state index contributed by atoms with van der Waals surface area (Å²) >= 11 is 6.35. The fourth-order valence-corrected chi connectivity index (χ4v) is 3.61. The lowest BCUT2D eigenvalue weighted by Gasteiger charge is -2.20. The summed E-state index contributed by atoms with van der Waals surface area (Å²) in [6, 6.07) is 5.33. The van der Waals surface area contributed by atoms with Crippen LogP contribution in [0.1, 0.15) is 36.5 Å². The van der Waals surface area contributed by atoms with Gasteiger partial charge in [0.15, 0.2) is 0 Å². The molecule has 2 aliphatic rings. The van der Waals surface area contributed by atoms with Crippen LogP contribution < -0.4 is 10.2 Å². The van der Waals surface area contributed by atoms with Crippen molar-refractivity contribution in [2.24, 2.45) is 0 Å². The first-order chi connectivity index (χ1) is 11.1. The van der Waals surface area contributed by atoms with Crippen LogP contribution in [0.2, 0.25) is 5.02 Å². The number of nitrogens with zero attached hydrogens (tertiary/aromatic N) is 2. The molecule has 2 aliphatic heterocycles. The fraction of sp³-hybridized carbons (Fsp3) is 0.529. The molecule has 0 aliphatic carbocycles. The average molecular weight is 336 g/mol. The highest BCUT2D eigenvalue weighted by Gasteiger charge is 2.29. The first kappa shape index (κ1) is 16.1. The normalized spacial score (nSPS) is 21.1. The van der Waals surface area contributed by atoms with Crippen LogP contribution in [0, 0.1) is 0 Å². The van der Waals surface area contributed by atoms with Gasteiger partial charge >= 0.3 is 0 Å². The maximum Gasteiger partial charge on any atom is 0.251 e. The summed E-state index contributed by atoms with van der Waals surface area (Å²) in [6.07, 6.45) is 2.74. The van der Waals surface area contributed by atoms with Crippen LogP contribution in [0.5, 0.6) is 0 Å². The number of anilines is 1. The Kier molecular flexibility index (Phi) is 4.76. The van der Waals surface area contributed by atoms with Crippen molar-refractivity contribution < 1.29 is 9.59 Å². The van der Waals surface area contributed by atoms with E-state index in [1.54, 1.807) is 11.0 Å². The summed E-state index contributed by atoms with van der Waals surface area (Å²) in [5.41, 5.74) is 1.54. The van der Waals surface area contributed by atoms with Crippen LogP contribution >= 0.6 is 11.6 Å². The third-order valence-corrected chi connectivity index (χ3v) is 4.89. The molecule has 2 saturated heterocycles. The van der Waals surface area contributed by atoms with Crippen LogP contribution in [-0.4, -0.2) is 48.9 Å². The largest absolute Gasteiger partial charge is 0.370 e. The van der Waals surface area contributed by atoms with Crippen molar-refractivity contribution in [2.75, 3.05) is 31.1 Å². The van der Waals surface area contributed by atoms with Gasteiger partial charge in [0.25, 0.3) is 5.91 Å². The number of carbonyl (C=O) groups is 2. The maximum absolute atomic E-state index is 12.4. The van der Waals surface area contributed by atoms with E-state index in [-0.39, 0.29) is 17.9 Å². The van der Waals surface area contributed by atoms with E-state index >= 15 is 0 Å². The summed E-state index contributed by atoms with van der Waals surface area (Å²) in [5.74, 6) is -0.0733. The van der Waals surface area contributed by atoms with Gasteiger partial charge in [-0.15, -0.1) is 0 Å². The molecule has 23 heavy (non-hydrogen) atoms. The molecule has 0 unspecified atom stereocenters. The van der Waals surface area contributed by atoms with E-state index < -0.39 is 0 Å². The van der Waals surface area contributed by atoms with Gasteiger partial charge < -0.3 is 15.1 Å². The van der Waals surface area contributed by atoms with Crippen molar-refractivity contribution in [3.05, 3.63) is 28.8 Å². The number of halogens is 1. The Hall–Kier alpha value is -1.75. The number of rotatable bonds is 4. The van der Waals surface area contributed by atoms with Crippen molar-refractivity contribution in [1.82, 2.24) is 10.2 Å². The van der Waals surface area contributed by atoms with Crippen LogP contribution in [-0.2, 0) is 4.79 Å². The minimum absolute atomic E-state index is 0.0974. The molecule has 1 aromatic carbocycles. The average Bonchev–Trinajstić information content (AvgIpc) is 3.16. The molecule has 1 aromatic rings. The minimum Gasteiger partial charge on any atom is -0.370 e. The van der Waals surface area contributed by atoms with E-state index in [4.69, 9.17) is 11.6 Å². The van der Waals surface area contributed by atoms with Crippen LogP contribution in [0.4, 0.5) is 5.69 Å². The molecule has 0 saturated carbocycles. The van der Waals surface area contributed by atoms with Gasteiger partial charge in [0, 0.05) is 38.2 Å². The molecule has 124 valence electrons. The first-order valence-corrected chi connectivity index (χ1v) is 8.59. The Balaban J connectivity index is 1.66. The zero-order valence-corrected chi connectivity index (χ0v) is 14.1. The molecule has 0 spiro atoms. The SMILES string of the molecule is CCN1C[C@H](NC(=O)c2ccc(N3CCCC3)c(Cl)c2)CC1=O. The molecule has 5 nitrogen and oxygen atoms in total. The number of likely N-dealkylation sites (N-methyl/N-ethyl adjacent to an activating group) is 1. The van der Waals surface area contributed by atoms with E-state index in [9.17, 15) is 9.59 Å². The van der Waals surface area contributed by atoms with Crippen LogP contribution in [0.25, 0.3) is 0 Å². The molecule has 2 heterocycles. The summed E-state index contributed by atoms with van der Waals surface area (Å²) < 4.78 is 0. The molecular formula is C17H22ClN3O2. The third kappa shape index (κ3) is 3.44. The molecule has 6 heteroatoms. The quantitative estimate of drug-likeness (QED) is 0.918. The van der Waals surface area contributed by atoms with Crippen molar-refractivity contribution >= 4 is 29.1 Å². The summed E-state index contributed by atoms with van der Waals surface area (Å²) in [4.78, 5) is 28.1. The molecule has 3 rings (SSSR count). The predicted molar refractivity (Wildman–Crippen MR) is 91.0 cm³/mol. The Morgan fingerprint density at radius 2 is 2.09 bits per heavy atom. The summed E-state index contributed by atoms with van der Waals surface area (Å²) in [5, 5.41) is 3.54. The van der Waals surface area contributed by atoms with Gasteiger partial charge in [-0.2, -0.15) is 0 Å². The smallest absolute Gasteiger partial charge is 0.251 e. The number of likely N-dealkylation sites (tertiary alicyclic amines) is 1. The van der Waals surface area contributed by atoms with Crippen molar-refractivity contribution in [3.63, 3.8) is 0 Å². The fourth-order valence-electron chi connectivity index (χ4n) is 3.31. The molecule has 1 N–H and O–H groups in total. The highest BCUT2D eigenvalue weighted by Crippen LogP contribution is 2.29. The zero-order chi connectivity index (χ0) is 16.4. The third-order valence-electron chi connectivity index (χ3n) is 4.59. The second-order valence-corrected chi connectivity index (χ2v) is 6.57. The van der Waals surface area contributed by atoms with Gasteiger partial charge in [0.1, 0.15) is 0 Å². The summed E-state index contributed by atoms with van der Waals surface area (Å²) in [7, 11) is 0. The van der Waals surface area contributed by atoms with Gasteiger partial charge in [0.2, 0.25) is 5.91 Å². The molecule has 0 bridgehead atoms. The molecule has 2 fully saturated rings. The Morgan fingerprint density at radius 1 is 1.35 bits per heavy atom. The molecule has 0 radical (unpaired) electrons. The van der Waals surface area contributed by atoms with Gasteiger partial charge in [-0.1, -0.05) is 11.6 Å². The number of hydrogen-bond donors (Lipinski definition) is 1. The lowest BCUT2D eigenvalue weighted by atomic mass is 10.1. The first-order valence-electron chi connectivity index (χ1n) is 8.21. The monoisotopic (exact) mass is 335 g/mol.